The van der Waals surface area contributed by atoms with Crippen LogP contribution < -0.4 is 0 Å². The zero-order valence-corrected chi connectivity index (χ0v) is 23.6. The minimum absolute atomic E-state index is 0. The molecule has 0 unspecified atom stereocenters. The van der Waals surface area contributed by atoms with Crippen molar-refractivity contribution in [3.05, 3.63) is 93.1 Å². The van der Waals surface area contributed by atoms with Gasteiger partial charge in [0.05, 0.1) is 0 Å². The summed E-state index contributed by atoms with van der Waals surface area (Å²) in [5.74, 6) is 0. The maximum absolute atomic E-state index is 2.38. The van der Waals surface area contributed by atoms with Crippen molar-refractivity contribution in [2.75, 3.05) is 0 Å². The molecule has 168 valence electrons. The van der Waals surface area contributed by atoms with Crippen LogP contribution in [0.3, 0.4) is 0 Å². The van der Waals surface area contributed by atoms with E-state index in [1.165, 1.54) is 55.7 Å². The van der Waals surface area contributed by atoms with Crippen LogP contribution in [0.5, 0.6) is 0 Å². The first-order chi connectivity index (χ1) is 13.9. The Morgan fingerprint density at radius 1 is 0.645 bits per heavy atom. The zero-order valence-electron chi connectivity index (χ0n) is 21.1. The number of allylic oxidation sites excluding steroid dienone is 8. The van der Waals surface area contributed by atoms with Crippen molar-refractivity contribution >= 4 is 11.1 Å². The van der Waals surface area contributed by atoms with E-state index in [0.29, 0.717) is 0 Å². The van der Waals surface area contributed by atoms with Crippen LogP contribution in [0.15, 0.2) is 82.0 Å². The maximum atomic E-state index is 2.38. The van der Waals surface area contributed by atoms with Gasteiger partial charge >= 0.3 is 0 Å². The Balaban J connectivity index is 0.000000501. The average molecular weight is 490 g/mol. The van der Waals surface area contributed by atoms with Crippen LogP contribution in [0.2, 0.25) is 0 Å². The van der Waals surface area contributed by atoms with Gasteiger partial charge in [-0.3, -0.25) is 0 Å². The topological polar surface area (TPSA) is 0 Å². The van der Waals surface area contributed by atoms with Gasteiger partial charge in [-0.2, -0.15) is 12.1 Å². The second-order valence-electron chi connectivity index (χ2n) is 10.1. The third-order valence-electron chi connectivity index (χ3n) is 8.04. The van der Waals surface area contributed by atoms with E-state index < -0.39 is 0 Å². The van der Waals surface area contributed by atoms with Gasteiger partial charge in [0.1, 0.15) is 0 Å². The molecule has 0 aromatic heterocycles. The molecule has 1 heteroatoms. The van der Waals surface area contributed by atoms with Crippen LogP contribution in [-0.2, 0) is 26.2 Å². The summed E-state index contributed by atoms with van der Waals surface area (Å²) in [5.41, 5.74) is 15.0. The van der Waals surface area contributed by atoms with Crippen molar-refractivity contribution < 1.29 is 26.2 Å². The molecule has 0 N–H and O–H groups in total. The van der Waals surface area contributed by atoms with Crippen LogP contribution in [0.1, 0.15) is 80.4 Å². The van der Waals surface area contributed by atoms with Crippen LogP contribution >= 0.6 is 0 Å². The molecule has 0 spiro atoms. The van der Waals surface area contributed by atoms with Gasteiger partial charge in [-0.15, -0.1) is 11.6 Å². The summed E-state index contributed by atoms with van der Waals surface area (Å²) in [7, 11) is 0. The van der Waals surface area contributed by atoms with E-state index in [1.54, 1.807) is 0 Å². The van der Waals surface area contributed by atoms with Gasteiger partial charge < -0.3 is 30.3 Å². The molecule has 0 heterocycles. The minimum Gasteiger partial charge on any atom is -0.748 e. The van der Waals surface area contributed by atoms with Crippen molar-refractivity contribution in [1.82, 2.24) is 0 Å². The molecule has 0 saturated heterocycles. The number of hydrogen-bond acceptors (Lipinski definition) is 0. The summed E-state index contributed by atoms with van der Waals surface area (Å²) in [6.45, 7) is 23.3. The first-order valence-corrected chi connectivity index (χ1v) is 11.2. The summed E-state index contributed by atoms with van der Waals surface area (Å²) in [6, 6.07) is 16.9. The van der Waals surface area contributed by atoms with E-state index in [2.05, 4.69) is 87.4 Å². The molecule has 0 amide bonds. The average Bonchev–Trinajstić information content (AvgIpc) is 3.44. The summed E-state index contributed by atoms with van der Waals surface area (Å²) < 4.78 is 0. The monoisotopic (exact) mass is 488 g/mol. The Morgan fingerprint density at radius 2 is 1.10 bits per heavy atom. The maximum Gasteiger partial charge on any atom is 0 e. The molecular weight excluding hydrogens is 452 g/mol. The molecular formula is C30H38Zr-6. The van der Waals surface area contributed by atoms with Gasteiger partial charge in [-0.25, -0.2) is 0 Å². The third kappa shape index (κ3) is 4.16. The van der Waals surface area contributed by atoms with Crippen molar-refractivity contribution in [3.63, 3.8) is 0 Å². The fraction of sp³-hybridized carbons (Fsp3) is 0.400. The first-order valence-electron chi connectivity index (χ1n) is 11.2. The number of rotatable bonds is 2. The number of hydrogen-bond donors (Lipinski definition) is 0. The molecule has 0 atom stereocenters. The molecule has 0 bridgehead atoms. The third-order valence-corrected chi connectivity index (χ3v) is 8.04. The van der Waals surface area contributed by atoms with Gasteiger partial charge in [0.2, 0.25) is 0 Å². The Labute approximate surface area is 209 Å². The second-order valence-corrected chi connectivity index (χ2v) is 10.1. The zero-order chi connectivity index (χ0) is 22.4. The van der Waals surface area contributed by atoms with Crippen LogP contribution in [0.25, 0.3) is 11.1 Å². The molecule has 4 rings (SSSR count). The van der Waals surface area contributed by atoms with E-state index in [9.17, 15) is 0 Å². The fourth-order valence-corrected chi connectivity index (χ4v) is 5.44. The van der Waals surface area contributed by atoms with Gasteiger partial charge in [0.25, 0.3) is 0 Å². The normalized spacial score (nSPS) is 19.7. The van der Waals surface area contributed by atoms with E-state index in [-0.39, 0.29) is 37.0 Å². The van der Waals surface area contributed by atoms with E-state index in [1.807, 2.05) is 30.3 Å². The summed E-state index contributed by atoms with van der Waals surface area (Å²) in [6.07, 6.45) is 0. The molecule has 2 aliphatic rings. The summed E-state index contributed by atoms with van der Waals surface area (Å²) in [5, 5.41) is 0. The van der Waals surface area contributed by atoms with Crippen molar-refractivity contribution in [2.45, 2.75) is 69.2 Å². The molecule has 2 aromatic carbocycles. The Morgan fingerprint density at radius 3 is 1.48 bits per heavy atom. The van der Waals surface area contributed by atoms with Crippen LogP contribution in [-0.4, -0.2) is 0 Å². The van der Waals surface area contributed by atoms with Gasteiger partial charge in [-0.05, 0) is 45.4 Å². The summed E-state index contributed by atoms with van der Waals surface area (Å²) in [4.78, 5) is 0. The quantitative estimate of drug-likeness (QED) is 0.369. The van der Waals surface area contributed by atoms with Crippen molar-refractivity contribution in [1.29, 1.82) is 0 Å². The van der Waals surface area contributed by atoms with E-state index in [4.69, 9.17) is 0 Å². The smallest absolute Gasteiger partial charge is 0 e. The Hall–Kier alpha value is -1.46. The molecule has 0 aliphatic heterocycles. The van der Waals surface area contributed by atoms with Gasteiger partial charge in [0.15, 0.2) is 0 Å². The molecule has 0 nitrogen and oxygen atoms in total. The second kappa shape index (κ2) is 9.19. The van der Waals surface area contributed by atoms with E-state index in [0.717, 1.165) is 0 Å². The molecule has 2 aliphatic carbocycles. The Bertz CT molecular complexity index is 980. The van der Waals surface area contributed by atoms with Gasteiger partial charge in [-0.1, -0.05) is 84.8 Å². The predicted molar refractivity (Wildman–Crippen MR) is 134 cm³/mol. The minimum atomic E-state index is 0. The molecule has 0 fully saturated rings. The standard InChI is InChI=1S/C25H33.C5H5.Zr/c1-14-16(3)22(24(7,8)18(14)5)20-12-11-13-21(20)23-17(4)15(2)19(6)25(23,9)10;1-2-4-5-3-1;/h11-13H,1-10H3;1-5H;/q-1;-5;. The first kappa shape index (κ1) is 25.8. The van der Waals surface area contributed by atoms with E-state index >= 15 is 0 Å². The van der Waals surface area contributed by atoms with Crippen molar-refractivity contribution in [2.24, 2.45) is 10.8 Å². The molecule has 2 aromatic rings. The van der Waals surface area contributed by atoms with Crippen LogP contribution in [0, 0.1) is 10.8 Å². The van der Waals surface area contributed by atoms with Crippen LogP contribution in [0.4, 0.5) is 0 Å². The SMILES string of the molecule is CC1=C(C)C(C)(C)C(c2ccc[c-]2C2=C(C)C(C)=C(C)C2(C)C)=C1C.[Zr].[cH-]1[cH-][cH-][cH-][cH-]1. The largest absolute Gasteiger partial charge is 0.748 e. The van der Waals surface area contributed by atoms with Crippen molar-refractivity contribution in [3.8, 4) is 0 Å². The predicted octanol–water partition coefficient (Wildman–Crippen LogP) is 9.11. The summed E-state index contributed by atoms with van der Waals surface area (Å²) >= 11 is 0. The fourth-order valence-electron chi connectivity index (χ4n) is 5.44. The Kier molecular flexibility index (Phi) is 7.65. The van der Waals surface area contributed by atoms with Gasteiger partial charge in [0, 0.05) is 26.2 Å². The molecule has 0 saturated carbocycles. The molecule has 31 heavy (non-hydrogen) atoms. The molecule has 0 radical (unpaired) electrons.